The lowest BCUT2D eigenvalue weighted by Gasteiger charge is -2.39. The molecule has 1 aliphatic heterocycles. The van der Waals surface area contributed by atoms with Gasteiger partial charge in [0.1, 0.15) is 11.6 Å². The zero-order valence-corrected chi connectivity index (χ0v) is 16.2. The maximum atomic E-state index is 14.0. The van der Waals surface area contributed by atoms with Crippen molar-refractivity contribution in [3.63, 3.8) is 0 Å². The lowest BCUT2D eigenvalue weighted by atomic mass is 10.0. The molecule has 0 saturated carbocycles. The fraction of sp³-hybridized carbons (Fsp3) is 0.450. The van der Waals surface area contributed by atoms with E-state index in [0.29, 0.717) is 29.4 Å². The average molecular weight is 377 g/mol. The molecule has 0 spiro atoms. The average Bonchev–Trinajstić information content (AvgIpc) is 3.15. The van der Waals surface area contributed by atoms with Gasteiger partial charge >= 0.3 is 0 Å². The summed E-state index contributed by atoms with van der Waals surface area (Å²) in [6.45, 7) is 7.37. The van der Waals surface area contributed by atoms with Crippen molar-refractivity contribution in [2.24, 2.45) is 0 Å². The summed E-state index contributed by atoms with van der Waals surface area (Å²) in [5, 5.41) is 3.63. The summed E-state index contributed by atoms with van der Waals surface area (Å²) in [5.74, 6) is 0.563. The van der Waals surface area contributed by atoms with E-state index in [4.69, 9.17) is 16.6 Å². The van der Waals surface area contributed by atoms with Gasteiger partial charge in [-0.15, -0.1) is 0 Å². The number of benzene rings is 1. The molecule has 2 heterocycles. The van der Waals surface area contributed by atoms with Crippen LogP contribution in [0.15, 0.2) is 47.1 Å². The third-order valence-electron chi connectivity index (χ3n) is 5.14. The lowest BCUT2D eigenvalue weighted by molar-refractivity contribution is -0.926. The number of nitrogens with one attached hydrogen (secondary N) is 2. The van der Waals surface area contributed by atoms with Crippen LogP contribution in [-0.4, -0.2) is 35.2 Å². The van der Waals surface area contributed by atoms with Crippen molar-refractivity contribution in [1.29, 1.82) is 0 Å². The summed E-state index contributed by atoms with van der Waals surface area (Å²) in [6.07, 6.45) is 3.80. The van der Waals surface area contributed by atoms with Crippen LogP contribution in [0.1, 0.15) is 32.4 Å². The molecule has 1 aromatic carbocycles. The molecule has 0 atom stereocenters. The van der Waals surface area contributed by atoms with E-state index < -0.39 is 0 Å². The fourth-order valence-electron chi connectivity index (χ4n) is 3.55. The number of furan rings is 1. The molecule has 0 amide bonds. The van der Waals surface area contributed by atoms with Gasteiger partial charge in [0.05, 0.1) is 37.6 Å². The summed E-state index contributed by atoms with van der Waals surface area (Å²) in [4.78, 5) is 3.78. The van der Waals surface area contributed by atoms with Crippen molar-refractivity contribution < 1.29 is 13.7 Å². The van der Waals surface area contributed by atoms with Crippen LogP contribution in [0.3, 0.4) is 0 Å². The molecule has 6 heteroatoms. The van der Waals surface area contributed by atoms with E-state index in [-0.39, 0.29) is 5.82 Å². The highest BCUT2D eigenvalue weighted by molar-refractivity contribution is 7.80. The highest BCUT2D eigenvalue weighted by atomic mass is 32.1. The number of anilines is 1. The zero-order valence-electron chi connectivity index (χ0n) is 15.4. The van der Waals surface area contributed by atoms with Gasteiger partial charge in [-0.1, -0.05) is 12.1 Å². The first-order chi connectivity index (χ1) is 12.5. The van der Waals surface area contributed by atoms with E-state index in [9.17, 15) is 4.39 Å². The Bertz CT molecular complexity index is 712. The van der Waals surface area contributed by atoms with Gasteiger partial charge in [-0.05, 0) is 50.3 Å². The minimum atomic E-state index is -0.299. The molecule has 1 saturated heterocycles. The standard InChI is InChI=1S/C20H26FN3OS/c1-15(2)23-11-9-16(10-12-23)24(14-17-6-5-13-25-17)20(26)22-19-8-4-3-7-18(19)21/h3-8,13,15-16H,9-12,14H2,1-2H3,(H,22,26)/p+1. The Morgan fingerprint density at radius 3 is 2.62 bits per heavy atom. The Morgan fingerprint density at radius 1 is 1.27 bits per heavy atom. The summed E-state index contributed by atoms with van der Waals surface area (Å²) in [6, 6.07) is 11.4. The number of halogens is 1. The highest BCUT2D eigenvalue weighted by Crippen LogP contribution is 2.19. The zero-order chi connectivity index (χ0) is 18.5. The van der Waals surface area contributed by atoms with Crippen LogP contribution in [0.4, 0.5) is 10.1 Å². The number of likely N-dealkylation sites (tertiary alicyclic amines) is 1. The van der Waals surface area contributed by atoms with Crippen LogP contribution in [0.2, 0.25) is 0 Å². The quantitative estimate of drug-likeness (QED) is 0.786. The minimum Gasteiger partial charge on any atom is -0.467 e. The Balaban J connectivity index is 1.73. The van der Waals surface area contributed by atoms with Crippen molar-refractivity contribution in [2.75, 3.05) is 18.4 Å². The molecular formula is C20H27FN3OS+. The molecule has 0 aliphatic carbocycles. The van der Waals surface area contributed by atoms with Crippen LogP contribution in [0, 0.1) is 5.82 Å². The molecule has 1 fully saturated rings. The van der Waals surface area contributed by atoms with Crippen LogP contribution in [-0.2, 0) is 6.54 Å². The first-order valence-electron chi connectivity index (χ1n) is 9.23. The molecule has 2 aromatic rings. The molecule has 3 rings (SSSR count). The van der Waals surface area contributed by atoms with Gasteiger partial charge in [-0.2, -0.15) is 0 Å². The second-order valence-corrected chi connectivity index (χ2v) is 7.55. The molecule has 26 heavy (non-hydrogen) atoms. The van der Waals surface area contributed by atoms with Crippen molar-refractivity contribution >= 4 is 23.0 Å². The molecule has 4 nitrogen and oxygen atoms in total. The molecule has 2 N–H and O–H groups in total. The molecule has 0 radical (unpaired) electrons. The smallest absolute Gasteiger partial charge is 0.174 e. The van der Waals surface area contributed by atoms with E-state index in [1.165, 1.54) is 6.07 Å². The van der Waals surface area contributed by atoms with Crippen molar-refractivity contribution in [1.82, 2.24) is 4.90 Å². The van der Waals surface area contributed by atoms with Crippen LogP contribution >= 0.6 is 12.2 Å². The first-order valence-corrected chi connectivity index (χ1v) is 9.64. The van der Waals surface area contributed by atoms with Gasteiger partial charge in [-0.3, -0.25) is 0 Å². The van der Waals surface area contributed by atoms with Crippen LogP contribution in [0.25, 0.3) is 0 Å². The summed E-state index contributed by atoms with van der Waals surface area (Å²) in [7, 11) is 0. The topological polar surface area (TPSA) is 32.9 Å². The maximum absolute atomic E-state index is 14.0. The number of hydrogen-bond acceptors (Lipinski definition) is 2. The summed E-state index contributed by atoms with van der Waals surface area (Å²) >= 11 is 5.65. The fourth-order valence-corrected chi connectivity index (χ4v) is 3.87. The van der Waals surface area contributed by atoms with Gasteiger partial charge in [0.15, 0.2) is 5.11 Å². The Hall–Kier alpha value is -1.92. The number of nitrogens with zero attached hydrogens (tertiary/aromatic N) is 1. The number of quaternary nitrogens is 1. The Morgan fingerprint density at radius 2 is 2.00 bits per heavy atom. The van der Waals surface area contributed by atoms with Crippen LogP contribution in [0.5, 0.6) is 0 Å². The third kappa shape index (κ3) is 4.62. The van der Waals surface area contributed by atoms with Gasteiger partial charge < -0.3 is 19.5 Å². The minimum absolute atomic E-state index is 0.299. The SMILES string of the molecule is CC(C)[NH+]1CCC(N(Cc2ccco2)C(=S)Nc2ccccc2F)CC1. The number of rotatable bonds is 5. The lowest BCUT2D eigenvalue weighted by Crippen LogP contribution is -3.16. The normalized spacial score (nSPS) is 20.2. The van der Waals surface area contributed by atoms with Gasteiger partial charge in [0, 0.05) is 18.9 Å². The largest absolute Gasteiger partial charge is 0.467 e. The van der Waals surface area contributed by atoms with Crippen molar-refractivity contribution in [2.45, 2.75) is 45.3 Å². The first kappa shape index (κ1) is 18.9. The third-order valence-corrected chi connectivity index (χ3v) is 5.47. The summed E-state index contributed by atoms with van der Waals surface area (Å²) < 4.78 is 19.5. The molecule has 140 valence electrons. The molecule has 0 unspecified atom stereocenters. The van der Waals surface area contributed by atoms with E-state index in [1.807, 2.05) is 12.1 Å². The van der Waals surface area contributed by atoms with Gasteiger partial charge in [-0.25, -0.2) is 4.39 Å². The van der Waals surface area contributed by atoms with E-state index in [1.54, 1.807) is 29.4 Å². The van der Waals surface area contributed by atoms with Gasteiger partial charge in [0.25, 0.3) is 0 Å². The Labute approximate surface area is 160 Å². The number of para-hydroxylation sites is 1. The number of hydrogen-bond donors (Lipinski definition) is 2. The molecular weight excluding hydrogens is 349 g/mol. The van der Waals surface area contributed by atoms with E-state index in [2.05, 4.69) is 24.1 Å². The maximum Gasteiger partial charge on any atom is 0.174 e. The predicted molar refractivity (Wildman–Crippen MR) is 106 cm³/mol. The molecule has 0 bridgehead atoms. The number of piperidine rings is 1. The Kier molecular flexibility index (Phi) is 6.27. The van der Waals surface area contributed by atoms with Crippen LogP contribution < -0.4 is 10.2 Å². The monoisotopic (exact) mass is 376 g/mol. The van der Waals surface area contributed by atoms with E-state index >= 15 is 0 Å². The summed E-state index contributed by atoms with van der Waals surface area (Å²) in [5.41, 5.74) is 0.409. The predicted octanol–water partition coefficient (Wildman–Crippen LogP) is 3.07. The van der Waals surface area contributed by atoms with Gasteiger partial charge in [0.2, 0.25) is 0 Å². The number of thiocarbonyl (C=S) groups is 1. The van der Waals surface area contributed by atoms with Crippen molar-refractivity contribution in [3.05, 3.63) is 54.2 Å². The molecule has 1 aromatic heterocycles. The highest BCUT2D eigenvalue weighted by Gasteiger charge is 2.30. The molecule has 1 aliphatic rings. The van der Waals surface area contributed by atoms with E-state index in [0.717, 1.165) is 31.7 Å². The van der Waals surface area contributed by atoms with Crippen molar-refractivity contribution in [3.8, 4) is 0 Å². The second-order valence-electron chi connectivity index (χ2n) is 7.16. The second kappa shape index (κ2) is 8.64.